The summed E-state index contributed by atoms with van der Waals surface area (Å²) in [7, 11) is 1.60. The topological polar surface area (TPSA) is 108 Å². The minimum atomic E-state index is -0.280. The van der Waals surface area contributed by atoms with Crippen molar-refractivity contribution in [1.82, 2.24) is 29.7 Å². The third kappa shape index (κ3) is 6.49. The molecule has 0 bridgehead atoms. The van der Waals surface area contributed by atoms with E-state index in [4.69, 9.17) is 4.74 Å². The molecule has 10 heteroatoms. The van der Waals surface area contributed by atoms with Crippen LogP contribution in [0.4, 0.5) is 5.95 Å². The maximum absolute atomic E-state index is 12.9. The van der Waals surface area contributed by atoms with Crippen LogP contribution >= 0.6 is 0 Å². The number of carbonyl (C=O) groups excluding carboxylic acids is 1. The van der Waals surface area contributed by atoms with Crippen molar-refractivity contribution in [2.45, 2.75) is 40.5 Å². The summed E-state index contributed by atoms with van der Waals surface area (Å²) in [5, 5.41) is 3.29. The SMILES string of the molecule is CC.CC#CC.Cn1c(Oc2ccccc2C(=O)N2CCCC2)nc2nc(N3CCNCC3)[nH]c2c1=O. The Kier molecular flexibility index (Phi) is 10.1. The Morgan fingerprint density at radius 1 is 1.00 bits per heavy atom. The molecule has 1 aromatic carbocycles. The van der Waals surface area contributed by atoms with Gasteiger partial charge >= 0.3 is 6.01 Å². The number of likely N-dealkylation sites (tertiary alicyclic amines) is 1. The van der Waals surface area contributed by atoms with Gasteiger partial charge in [0.25, 0.3) is 11.5 Å². The van der Waals surface area contributed by atoms with Crippen LogP contribution in [0.3, 0.4) is 0 Å². The molecular weight excluding hydrogens is 470 g/mol. The number of anilines is 1. The Morgan fingerprint density at radius 3 is 2.30 bits per heavy atom. The summed E-state index contributed by atoms with van der Waals surface area (Å²) in [5.74, 6) is 6.29. The van der Waals surface area contributed by atoms with Gasteiger partial charge in [-0.25, -0.2) is 0 Å². The first-order valence-electron chi connectivity index (χ1n) is 12.9. The smallest absolute Gasteiger partial charge is 0.306 e. The molecule has 2 aromatic heterocycles. The molecule has 0 atom stereocenters. The number of benzene rings is 1. The van der Waals surface area contributed by atoms with Crippen LogP contribution in [0.15, 0.2) is 29.1 Å². The molecule has 0 saturated carbocycles. The number of fused-ring (bicyclic) bond motifs is 1. The summed E-state index contributed by atoms with van der Waals surface area (Å²) in [6, 6.07) is 7.15. The van der Waals surface area contributed by atoms with E-state index in [-0.39, 0.29) is 17.5 Å². The number of ether oxygens (including phenoxy) is 1. The van der Waals surface area contributed by atoms with Gasteiger partial charge in [-0.2, -0.15) is 9.97 Å². The van der Waals surface area contributed by atoms with Gasteiger partial charge in [0.05, 0.1) is 5.56 Å². The summed E-state index contributed by atoms with van der Waals surface area (Å²) in [4.78, 5) is 41.9. The van der Waals surface area contributed by atoms with Crippen LogP contribution in [0, 0.1) is 11.8 Å². The monoisotopic (exact) mass is 507 g/mol. The van der Waals surface area contributed by atoms with Crippen LogP contribution < -0.4 is 20.5 Å². The highest BCUT2D eigenvalue weighted by molar-refractivity contribution is 5.97. The third-order valence-electron chi connectivity index (χ3n) is 6.06. The molecule has 0 radical (unpaired) electrons. The zero-order valence-corrected chi connectivity index (χ0v) is 22.4. The summed E-state index contributed by atoms with van der Waals surface area (Å²) in [6.07, 6.45) is 2.02. The average molecular weight is 508 g/mol. The van der Waals surface area contributed by atoms with Gasteiger partial charge in [0.2, 0.25) is 5.95 Å². The Labute approximate surface area is 218 Å². The molecule has 2 saturated heterocycles. The number of nitrogens with zero attached hydrogens (tertiary/aromatic N) is 5. The molecule has 4 heterocycles. The largest absolute Gasteiger partial charge is 0.425 e. The molecule has 198 valence electrons. The number of carbonyl (C=O) groups is 1. The predicted octanol–water partition coefficient (Wildman–Crippen LogP) is 3.15. The zero-order chi connectivity index (χ0) is 26.8. The molecule has 10 nitrogen and oxygen atoms in total. The lowest BCUT2D eigenvalue weighted by Crippen LogP contribution is -2.44. The van der Waals surface area contributed by atoms with E-state index in [1.165, 1.54) is 4.57 Å². The van der Waals surface area contributed by atoms with Crippen molar-refractivity contribution in [3.63, 3.8) is 0 Å². The van der Waals surface area contributed by atoms with Crippen LogP contribution in [0.5, 0.6) is 11.8 Å². The second-order valence-electron chi connectivity index (χ2n) is 8.35. The first-order chi connectivity index (χ1) is 18.0. The van der Waals surface area contributed by atoms with Gasteiger partial charge in [0.15, 0.2) is 11.2 Å². The minimum absolute atomic E-state index is 0.0695. The molecule has 0 unspecified atom stereocenters. The molecule has 5 rings (SSSR count). The maximum Gasteiger partial charge on any atom is 0.306 e. The van der Waals surface area contributed by atoms with Crippen molar-refractivity contribution in [1.29, 1.82) is 0 Å². The van der Waals surface area contributed by atoms with Gasteiger partial charge in [0, 0.05) is 46.3 Å². The molecule has 1 amide bonds. The van der Waals surface area contributed by atoms with Gasteiger partial charge in [-0.1, -0.05) is 26.0 Å². The summed E-state index contributed by atoms with van der Waals surface area (Å²) < 4.78 is 7.32. The van der Waals surface area contributed by atoms with E-state index >= 15 is 0 Å². The molecule has 2 fully saturated rings. The molecular formula is C27H37N7O3. The number of piperazine rings is 1. The molecule has 37 heavy (non-hydrogen) atoms. The zero-order valence-electron chi connectivity index (χ0n) is 22.4. The van der Waals surface area contributed by atoms with Crippen molar-refractivity contribution in [2.75, 3.05) is 44.2 Å². The van der Waals surface area contributed by atoms with E-state index in [9.17, 15) is 9.59 Å². The van der Waals surface area contributed by atoms with Crippen LogP contribution in [-0.2, 0) is 7.05 Å². The lowest BCUT2D eigenvalue weighted by Gasteiger charge is -2.26. The number of hydrogen-bond acceptors (Lipinski definition) is 7. The van der Waals surface area contributed by atoms with E-state index in [1.807, 2.05) is 32.6 Å². The molecule has 2 N–H and O–H groups in total. The van der Waals surface area contributed by atoms with Crippen LogP contribution in [0.1, 0.15) is 50.9 Å². The van der Waals surface area contributed by atoms with Gasteiger partial charge < -0.3 is 24.8 Å². The quantitative estimate of drug-likeness (QED) is 0.522. The third-order valence-corrected chi connectivity index (χ3v) is 6.06. The number of para-hydroxylation sites is 1. The highest BCUT2D eigenvalue weighted by atomic mass is 16.5. The maximum atomic E-state index is 12.9. The highest BCUT2D eigenvalue weighted by Crippen LogP contribution is 2.26. The Hall–Kier alpha value is -3.84. The predicted molar refractivity (Wildman–Crippen MR) is 146 cm³/mol. The Morgan fingerprint density at radius 2 is 1.65 bits per heavy atom. The van der Waals surface area contributed by atoms with E-state index in [1.54, 1.807) is 31.3 Å². The van der Waals surface area contributed by atoms with E-state index in [2.05, 4.69) is 37.0 Å². The fourth-order valence-electron chi connectivity index (χ4n) is 4.04. The van der Waals surface area contributed by atoms with Crippen LogP contribution in [0.25, 0.3) is 11.2 Å². The van der Waals surface area contributed by atoms with Gasteiger partial charge in [-0.15, -0.1) is 11.8 Å². The van der Waals surface area contributed by atoms with Gasteiger partial charge in [-0.05, 0) is 38.8 Å². The first kappa shape index (κ1) is 27.7. The summed E-state index contributed by atoms with van der Waals surface area (Å²) in [6.45, 7) is 12.5. The van der Waals surface area contributed by atoms with Crippen LogP contribution in [-0.4, -0.2) is 69.6 Å². The Bertz CT molecular complexity index is 1300. The average Bonchev–Trinajstić information content (AvgIpc) is 3.64. The van der Waals surface area contributed by atoms with Crippen molar-refractivity contribution >= 4 is 23.0 Å². The van der Waals surface area contributed by atoms with E-state index in [0.717, 1.165) is 52.1 Å². The second-order valence-corrected chi connectivity index (χ2v) is 8.35. The van der Waals surface area contributed by atoms with E-state index < -0.39 is 0 Å². The summed E-state index contributed by atoms with van der Waals surface area (Å²) >= 11 is 0. The fourth-order valence-corrected chi connectivity index (χ4v) is 4.04. The number of amides is 1. The van der Waals surface area contributed by atoms with Crippen molar-refractivity contribution in [3.8, 4) is 23.6 Å². The molecule has 3 aromatic rings. The first-order valence-corrected chi connectivity index (χ1v) is 12.9. The van der Waals surface area contributed by atoms with Gasteiger partial charge in [-0.3, -0.25) is 14.2 Å². The fraction of sp³-hybridized carbons (Fsp3) is 0.481. The van der Waals surface area contributed by atoms with Crippen molar-refractivity contribution < 1.29 is 9.53 Å². The van der Waals surface area contributed by atoms with Gasteiger partial charge in [0.1, 0.15) is 5.75 Å². The number of hydrogen-bond donors (Lipinski definition) is 2. The number of nitrogens with one attached hydrogen (secondary N) is 2. The number of aromatic amines is 1. The lowest BCUT2D eigenvalue weighted by atomic mass is 10.2. The minimum Gasteiger partial charge on any atom is -0.425 e. The number of imidazole rings is 1. The molecule has 2 aliphatic rings. The standard InChI is InChI=1S/C21H25N7O3.C4H6.C2H6/c1-26-19(30)16-17(24-20(23-16)28-12-8-22-9-13-28)25-21(26)31-15-7-3-2-6-14(15)18(29)27-10-4-5-11-27;1-3-4-2;1-2/h2-3,6-7,22H,4-5,8-13H2,1H3,(H,23,24);1-2H3;1-2H3. The van der Waals surface area contributed by atoms with Crippen molar-refractivity contribution in [2.24, 2.45) is 7.05 Å². The molecule has 0 aliphatic carbocycles. The summed E-state index contributed by atoms with van der Waals surface area (Å²) in [5.41, 5.74) is 0.819. The lowest BCUT2D eigenvalue weighted by molar-refractivity contribution is 0.0790. The number of H-pyrrole nitrogens is 1. The Balaban J connectivity index is 0.000000580. The second kappa shape index (κ2) is 13.5. The number of rotatable bonds is 4. The molecule has 2 aliphatic heterocycles. The normalized spacial score (nSPS) is 14.6. The molecule has 0 spiro atoms. The highest BCUT2D eigenvalue weighted by Gasteiger charge is 2.24. The number of aromatic nitrogens is 4. The van der Waals surface area contributed by atoms with Crippen molar-refractivity contribution in [3.05, 3.63) is 40.2 Å². The van der Waals surface area contributed by atoms with Crippen LogP contribution in [0.2, 0.25) is 0 Å². The van der Waals surface area contributed by atoms with E-state index in [0.29, 0.717) is 28.4 Å².